The van der Waals surface area contributed by atoms with E-state index in [1.807, 2.05) is 13.8 Å². The topological polar surface area (TPSA) is 18.5 Å². The molecule has 1 rings (SSSR count). The van der Waals surface area contributed by atoms with Crippen LogP contribution in [-0.2, 0) is 9.47 Å². The van der Waals surface area contributed by atoms with Crippen LogP contribution in [0.5, 0.6) is 0 Å². The van der Waals surface area contributed by atoms with Crippen LogP contribution in [0.25, 0.3) is 0 Å². The van der Waals surface area contributed by atoms with Crippen molar-refractivity contribution in [3.63, 3.8) is 0 Å². The fourth-order valence-electron chi connectivity index (χ4n) is 1.21. The van der Waals surface area contributed by atoms with E-state index in [0.717, 1.165) is 25.7 Å². The summed E-state index contributed by atoms with van der Waals surface area (Å²) in [5.41, 5.74) is 0. The van der Waals surface area contributed by atoms with Gasteiger partial charge >= 0.3 is 0 Å². The summed E-state index contributed by atoms with van der Waals surface area (Å²) < 4.78 is 11.1. The molecule has 2 unspecified atom stereocenters. The highest BCUT2D eigenvalue weighted by atomic mass is 32.1. The second kappa shape index (κ2) is 5.61. The molecule has 0 heterocycles. The minimum atomic E-state index is 0.131. The zero-order valence-electron chi connectivity index (χ0n) is 8.62. The van der Waals surface area contributed by atoms with Crippen molar-refractivity contribution in [1.29, 1.82) is 0 Å². The maximum Gasteiger partial charge on any atom is 0.160 e. The zero-order chi connectivity index (χ0) is 10.6. The van der Waals surface area contributed by atoms with Crippen molar-refractivity contribution in [1.82, 2.24) is 0 Å². The summed E-state index contributed by atoms with van der Waals surface area (Å²) in [6, 6.07) is 0. The summed E-state index contributed by atoms with van der Waals surface area (Å²) in [4.78, 5) is 0. The van der Waals surface area contributed by atoms with Crippen molar-refractivity contribution in [2.24, 2.45) is 0 Å². The lowest BCUT2D eigenvalue weighted by atomic mass is 9.92. The molecule has 0 aromatic rings. The lowest BCUT2D eigenvalue weighted by Gasteiger charge is -2.36. The third-order valence-electron chi connectivity index (χ3n) is 2.29. The summed E-state index contributed by atoms with van der Waals surface area (Å²) in [5, 5.41) is 1.34. The number of hydrogen-bond acceptors (Lipinski definition) is 4. The van der Waals surface area contributed by atoms with Gasteiger partial charge < -0.3 is 9.47 Å². The molecule has 0 aromatic heterocycles. The second-order valence-electron chi connectivity index (χ2n) is 3.34. The smallest absolute Gasteiger partial charge is 0.160 e. The van der Waals surface area contributed by atoms with Gasteiger partial charge in [-0.3, -0.25) is 0 Å². The van der Waals surface area contributed by atoms with Crippen molar-refractivity contribution >= 4 is 34.5 Å². The Morgan fingerprint density at radius 2 is 1.36 bits per heavy atom. The van der Waals surface area contributed by atoms with Gasteiger partial charge in [0.2, 0.25) is 0 Å². The van der Waals surface area contributed by atoms with Gasteiger partial charge in [0, 0.05) is 12.8 Å². The first-order valence-electron chi connectivity index (χ1n) is 5.06. The molecular weight excluding hydrogens is 216 g/mol. The summed E-state index contributed by atoms with van der Waals surface area (Å²) >= 11 is 10.0. The minimum absolute atomic E-state index is 0.131. The lowest BCUT2D eigenvalue weighted by Crippen LogP contribution is -2.43. The Morgan fingerprint density at radius 1 is 1.00 bits per heavy atom. The van der Waals surface area contributed by atoms with Crippen LogP contribution in [0.3, 0.4) is 0 Å². The van der Waals surface area contributed by atoms with Crippen molar-refractivity contribution in [3.05, 3.63) is 0 Å². The molecule has 0 aromatic carbocycles. The molecule has 1 saturated carbocycles. The third-order valence-corrected chi connectivity index (χ3v) is 3.06. The first kappa shape index (κ1) is 11.9. The third kappa shape index (κ3) is 3.17. The average molecular weight is 232 g/mol. The summed E-state index contributed by atoms with van der Waals surface area (Å²) in [7, 11) is 0. The Bertz CT molecular complexity index is 204. The maximum absolute atomic E-state index is 5.54. The second-order valence-corrected chi connectivity index (χ2v) is 4.25. The highest BCUT2D eigenvalue weighted by molar-refractivity contribution is 7.80. The largest absolute Gasteiger partial charge is 0.480 e. The van der Waals surface area contributed by atoms with Crippen LogP contribution >= 0.6 is 24.4 Å². The van der Waals surface area contributed by atoms with Crippen LogP contribution in [0.4, 0.5) is 0 Å². The summed E-state index contributed by atoms with van der Waals surface area (Å²) in [6.45, 7) is 3.99. The van der Waals surface area contributed by atoms with E-state index in [1.54, 1.807) is 0 Å². The molecule has 0 N–H and O–H groups in total. The van der Waals surface area contributed by atoms with Gasteiger partial charge in [-0.1, -0.05) is 13.8 Å². The van der Waals surface area contributed by atoms with Crippen LogP contribution in [-0.4, -0.2) is 22.3 Å². The predicted octanol–water partition coefficient (Wildman–Crippen LogP) is 3.03. The van der Waals surface area contributed by atoms with Gasteiger partial charge in [-0.25, -0.2) is 0 Å². The number of ether oxygens (including phenoxy) is 2. The van der Waals surface area contributed by atoms with Crippen LogP contribution in [0.15, 0.2) is 0 Å². The van der Waals surface area contributed by atoms with E-state index in [1.165, 1.54) is 0 Å². The Balaban J connectivity index is 2.28. The van der Waals surface area contributed by atoms with Gasteiger partial charge in [0.1, 0.15) is 12.2 Å². The Hall–Kier alpha value is -0.220. The zero-order valence-corrected chi connectivity index (χ0v) is 10.2. The molecule has 0 spiro atoms. The average Bonchev–Trinajstić information content (AvgIpc) is 2.19. The highest BCUT2D eigenvalue weighted by Crippen LogP contribution is 2.27. The molecule has 80 valence electrons. The summed E-state index contributed by atoms with van der Waals surface area (Å²) in [6.07, 6.45) is 3.89. The standard InChI is InChI=1S/C10H16O2S2/c1-3-9(13)11-7-5-6-8(7)12-10(14)4-2/h7-8H,3-6H2,1-2H3. The molecule has 1 aliphatic carbocycles. The normalized spacial score (nSPS) is 25.0. The SMILES string of the molecule is CCC(=S)OC1CCC1OC(=S)CC. The molecule has 0 radical (unpaired) electrons. The van der Waals surface area contributed by atoms with E-state index in [2.05, 4.69) is 0 Å². The molecule has 0 saturated heterocycles. The van der Waals surface area contributed by atoms with Crippen molar-refractivity contribution < 1.29 is 9.47 Å². The monoisotopic (exact) mass is 232 g/mol. The first-order valence-corrected chi connectivity index (χ1v) is 5.88. The Kier molecular flexibility index (Phi) is 4.75. The molecule has 2 nitrogen and oxygen atoms in total. The van der Waals surface area contributed by atoms with E-state index in [9.17, 15) is 0 Å². The number of thiocarbonyl (C=S) groups is 2. The maximum atomic E-state index is 5.54. The van der Waals surface area contributed by atoms with Crippen LogP contribution in [0.2, 0.25) is 0 Å². The lowest BCUT2D eigenvalue weighted by molar-refractivity contribution is -0.0330. The van der Waals surface area contributed by atoms with Gasteiger partial charge in [0.15, 0.2) is 10.1 Å². The fraction of sp³-hybridized carbons (Fsp3) is 0.800. The van der Waals surface area contributed by atoms with Gasteiger partial charge in [0.05, 0.1) is 0 Å². The van der Waals surface area contributed by atoms with Crippen LogP contribution < -0.4 is 0 Å². The molecule has 1 aliphatic rings. The van der Waals surface area contributed by atoms with Crippen molar-refractivity contribution in [2.45, 2.75) is 51.7 Å². The number of hydrogen-bond donors (Lipinski definition) is 0. The van der Waals surface area contributed by atoms with Crippen LogP contribution in [0, 0.1) is 0 Å². The van der Waals surface area contributed by atoms with Crippen LogP contribution in [0.1, 0.15) is 39.5 Å². The van der Waals surface area contributed by atoms with E-state index >= 15 is 0 Å². The molecule has 0 aliphatic heterocycles. The Labute approximate surface area is 96.0 Å². The summed E-state index contributed by atoms with van der Waals surface area (Å²) in [5.74, 6) is 0. The number of rotatable bonds is 4. The first-order chi connectivity index (χ1) is 6.67. The molecule has 1 fully saturated rings. The van der Waals surface area contributed by atoms with E-state index in [4.69, 9.17) is 33.9 Å². The van der Waals surface area contributed by atoms with Gasteiger partial charge in [0.25, 0.3) is 0 Å². The van der Waals surface area contributed by atoms with Gasteiger partial charge in [-0.15, -0.1) is 0 Å². The van der Waals surface area contributed by atoms with E-state index in [0.29, 0.717) is 10.1 Å². The molecular formula is C10H16O2S2. The Morgan fingerprint density at radius 3 is 1.57 bits per heavy atom. The molecule has 4 heteroatoms. The molecule has 2 atom stereocenters. The molecule has 14 heavy (non-hydrogen) atoms. The van der Waals surface area contributed by atoms with E-state index < -0.39 is 0 Å². The van der Waals surface area contributed by atoms with Crippen molar-refractivity contribution in [3.8, 4) is 0 Å². The quantitative estimate of drug-likeness (QED) is 0.693. The predicted molar refractivity (Wildman–Crippen MR) is 64.8 cm³/mol. The van der Waals surface area contributed by atoms with Gasteiger partial charge in [-0.2, -0.15) is 0 Å². The minimum Gasteiger partial charge on any atom is -0.480 e. The molecule has 0 amide bonds. The van der Waals surface area contributed by atoms with Gasteiger partial charge in [-0.05, 0) is 37.3 Å². The van der Waals surface area contributed by atoms with Crippen molar-refractivity contribution in [2.75, 3.05) is 0 Å². The molecule has 0 bridgehead atoms. The van der Waals surface area contributed by atoms with E-state index in [-0.39, 0.29) is 12.2 Å². The highest BCUT2D eigenvalue weighted by Gasteiger charge is 2.35. The fourth-order valence-corrected chi connectivity index (χ4v) is 1.46.